The minimum absolute atomic E-state index is 0.0251. The predicted octanol–water partition coefficient (Wildman–Crippen LogP) is 9.25. The Hall–Kier alpha value is -7.32. The molecular weight excluding hydrogens is 1280 g/mol. The summed E-state index contributed by atoms with van der Waals surface area (Å²) in [6.45, 7) is 23.0. The number of aliphatic hydroxyl groups is 1. The number of urea groups is 1. The first kappa shape index (κ1) is 79.7. The van der Waals surface area contributed by atoms with Gasteiger partial charge in [-0.25, -0.2) is 14.4 Å². The molecule has 4 aliphatic rings. The molecule has 98 heavy (non-hydrogen) atoms. The molecule has 6 rings (SSSR count). The molecule has 3 aliphatic heterocycles. The summed E-state index contributed by atoms with van der Waals surface area (Å²) >= 11 is 6.87. The van der Waals surface area contributed by atoms with Crippen LogP contribution in [0.25, 0.3) is 0 Å². The number of rotatable bonds is 28. The van der Waals surface area contributed by atoms with Crippen LogP contribution < -0.4 is 42.0 Å². The third-order valence-corrected chi connectivity index (χ3v) is 20.7. The summed E-state index contributed by atoms with van der Waals surface area (Å²) in [5, 5.41) is 36.6. The zero-order valence-corrected chi connectivity index (χ0v) is 60.8. The van der Waals surface area contributed by atoms with Crippen molar-refractivity contribution in [1.29, 1.82) is 0 Å². The van der Waals surface area contributed by atoms with Crippen molar-refractivity contribution in [3.05, 3.63) is 70.3 Å². The molecule has 2 aromatic rings. The standard InChI is InChI=1S/C72H107ClN8O17/c1-17-18-20-31-69(11)40-71(41-82,39-67(69,7)8)98-68(9,10)30-21-19-27-56(84)78-59(42(2)3)62(87)77-49(25-23-32-75-65(74)90)61(86)76-48-29-28-47(36-51(48)83)63(88)80(13)45(6)64(89)96-55-37-57(85)81(14)50-34-46(35-52(93-15)58(50)73)33-43(4)24-22-26-54(94-16)72(92)38-53(95-66(91)79-72)44(5)60-70(55,12)97-60/h22,24,26,28-29,34-36,41-42,44-45,49,53-55,59-60,83,92H,17-21,23,25,27,30-33,37-40H2,1-16H3,(H,76,86)(H,77,87)(H,78,84)(H,79,91)(H3,74,75,90)/b26-22+,43-24+/t44-,45+,49+,53+,54-,55+,59+,60+,69?,70+,71?,72+/m1/s1. The lowest BCUT2D eigenvalue weighted by atomic mass is 9.67. The molecule has 8 amide bonds. The van der Waals surface area contributed by atoms with E-state index in [4.69, 9.17) is 45.8 Å². The number of alkyl carbamates (subject to hydrolysis) is 1. The van der Waals surface area contributed by atoms with Gasteiger partial charge in [-0.1, -0.05) is 110 Å². The number of primary amides is 1. The van der Waals surface area contributed by atoms with E-state index in [1.165, 1.54) is 52.3 Å². The zero-order chi connectivity index (χ0) is 73.0. The van der Waals surface area contributed by atoms with Crippen molar-refractivity contribution in [3.63, 3.8) is 0 Å². The molecule has 12 atom stereocenters. The van der Waals surface area contributed by atoms with E-state index in [9.17, 15) is 53.4 Å². The van der Waals surface area contributed by atoms with Crippen molar-refractivity contribution in [2.45, 2.75) is 244 Å². The summed E-state index contributed by atoms with van der Waals surface area (Å²) in [7, 11) is 5.69. The van der Waals surface area contributed by atoms with E-state index in [0.29, 0.717) is 50.0 Å². The van der Waals surface area contributed by atoms with Crippen LogP contribution in [0.1, 0.15) is 189 Å². The van der Waals surface area contributed by atoms with Crippen molar-refractivity contribution >= 4 is 76.9 Å². The molecule has 0 spiro atoms. The van der Waals surface area contributed by atoms with Crippen molar-refractivity contribution in [3.8, 4) is 11.5 Å². The third-order valence-electron chi connectivity index (χ3n) is 20.3. The fraction of sp³-hybridized carbons (Fsp3) is 0.653. The number of esters is 1. The number of carbonyl (C=O) groups excluding carboxylic acids is 9. The largest absolute Gasteiger partial charge is 0.506 e. The predicted molar refractivity (Wildman–Crippen MR) is 370 cm³/mol. The number of nitrogens with two attached hydrogens (primary N) is 1. The maximum atomic E-state index is 14.6. The average Bonchev–Trinajstić information content (AvgIpc) is 1.58. The highest BCUT2D eigenvalue weighted by atomic mass is 35.5. The van der Waals surface area contributed by atoms with E-state index in [1.807, 2.05) is 26.8 Å². The van der Waals surface area contributed by atoms with Crippen LogP contribution >= 0.6 is 11.6 Å². The van der Waals surface area contributed by atoms with Gasteiger partial charge in [0.2, 0.25) is 23.6 Å². The number of fused-ring (bicyclic) bond motifs is 5. The zero-order valence-electron chi connectivity index (χ0n) is 60.1. The Kier molecular flexibility index (Phi) is 27.0. The number of halogens is 1. The number of carbonyl (C=O) groups is 9. The molecule has 2 unspecified atom stereocenters. The van der Waals surface area contributed by atoms with Crippen LogP contribution in [-0.2, 0) is 58.9 Å². The van der Waals surface area contributed by atoms with E-state index in [0.717, 1.165) is 54.1 Å². The van der Waals surface area contributed by atoms with Crippen molar-refractivity contribution < 1.29 is 81.8 Å². The molecule has 26 heteroatoms. The van der Waals surface area contributed by atoms with E-state index < -0.39 is 131 Å². The van der Waals surface area contributed by atoms with Crippen LogP contribution in [0, 0.1) is 22.7 Å². The number of phenolic OH excluding ortho intramolecular Hbond substituents is 1. The number of anilines is 2. The summed E-state index contributed by atoms with van der Waals surface area (Å²) in [6.07, 6.45) is 8.34. The second-order valence-electron chi connectivity index (χ2n) is 29.3. The first-order valence-electron chi connectivity index (χ1n) is 34.1. The van der Waals surface area contributed by atoms with E-state index in [-0.39, 0.29) is 65.2 Å². The summed E-state index contributed by atoms with van der Waals surface area (Å²) in [6, 6.07) is 2.65. The monoisotopic (exact) mass is 1390 g/mol. The Labute approximate surface area is 582 Å². The highest BCUT2D eigenvalue weighted by molar-refractivity contribution is 6.35. The summed E-state index contributed by atoms with van der Waals surface area (Å²) in [4.78, 5) is 125. The number of allylic oxidation sites excluding steroid dienone is 3. The Morgan fingerprint density at radius 1 is 0.980 bits per heavy atom. The number of unbranched alkanes of at least 4 members (excludes halogenated alkanes) is 3. The van der Waals surface area contributed by atoms with Crippen molar-refractivity contribution in [2.24, 2.45) is 28.4 Å². The molecule has 544 valence electrons. The van der Waals surface area contributed by atoms with Crippen LogP contribution in [0.3, 0.4) is 0 Å². The minimum Gasteiger partial charge on any atom is -0.506 e. The average molecular weight is 1390 g/mol. The molecular formula is C72H107ClN8O17. The smallest absolute Gasteiger partial charge is 0.409 e. The molecule has 3 fully saturated rings. The normalized spacial score (nSPS) is 27.3. The van der Waals surface area contributed by atoms with E-state index in [2.05, 4.69) is 54.3 Å². The highest BCUT2D eigenvalue weighted by Crippen LogP contribution is 2.60. The molecule has 0 aromatic heterocycles. The van der Waals surface area contributed by atoms with Crippen LogP contribution in [0.5, 0.6) is 11.5 Å². The number of hydrogen-bond donors (Lipinski definition) is 8. The lowest BCUT2D eigenvalue weighted by molar-refractivity contribution is -0.160. The topological polar surface area (TPSA) is 345 Å². The molecule has 2 saturated heterocycles. The van der Waals surface area contributed by atoms with Gasteiger partial charge < -0.3 is 80.2 Å². The van der Waals surface area contributed by atoms with Gasteiger partial charge in [0.05, 0.1) is 36.6 Å². The molecule has 0 radical (unpaired) electrons. The molecule has 25 nitrogen and oxygen atoms in total. The third kappa shape index (κ3) is 19.8. The lowest BCUT2D eigenvalue weighted by Crippen LogP contribution is -2.63. The van der Waals surface area contributed by atoms with Gasteiger partial charge in [-0.2, -0.15) is 0 Å². The second kappa shape index (κ2) is 33.2. The number of aromatic hydroxyl groups is 1. The van der Waals surface area contributed by atoms with Gasteiger partial charge in [0.25, 0.3) is 5.91 Å². The Balaban J connectivity index is 1.13. The number of nitrogens with zero attached hydrogens (tertiary/aromatic N) is 2. The van der Waals surface area contributed by atoms with Crippen molar-refractivity contribution in [1.82, 2.24) is 26.2 Å². The fourth-order valence-corrected chi connectivity index (χ4v) is 14.2. The van der Waals surface area contributed by atoms with Crippen molar-refractivity contribution in [2.75, 3.05) is 45.1 Å². The van der Waals surface area contributed by atoms with Gasteiger partial charge in [-0.15, -0.1) is 0 Å². The summed E-state index contributed by atoms with van der Waals surface area (Å²) < 4.78 is 36.3. The lowest BCUT2D eigenvalue weighted by Gasteiger charge is -2.42. The maximum Gasteiger partial charge on any atom is 0.409 e. The van der Waals surface area contributed by atoms with Crippen LogP contribution in [-0.4, -0.2) is 169 Å². The number of epoxide rings is 1. The summed E-state index contributed by atoms with van der Waals surface area (Å²) in [5.41, 5.74) is 1.85. The van der Waals surface area contributed by atoms with Crippen LogP contribution in [0.15, 0.2) is 54.1 Å². The molecule has 2 aromatic carbocycles. The number of ether oxygens (including phenoxy) is 6. The Bertz CT molecular complexity index is 3300. The van der Waals surface area contributed by atoms with Gasteiger partial charge in [0.15, 0.2) is 12.0 Å². The van der Waals surface area contributed by atoms with Gasteiger partial charge in [0, 0.05) is 52.1 Å². The molecule has 9 N–H and O–H groups in total. The van der Waals surface area contributed by atoms with Gasteiger partial charge >= 0.3 is 18.1 Å². The number of amides is 8. The number of methoxy groups -OCH3 is 2. The number of aldehydes is 1. The number of benzene rings is 2. The van der Waals surface area contributed by atoms with E-state index in [1.54, 1.807) is 52.0 Å². The second-order valence-corrected chi connectivity index (χ2v) is 29.7. The summed E-state index contributed by atoms with van der Waals surface area (Å²) in [5.74, 6) is -5.44. The fourth-order valence-electron chi connectivity index (χ4n) is 13.9. The molecule has 4 bridgehead atoms. The van der Waals surface area contributed by atoms with Crippen LogP contribution in [0.4, 0.5) is 21.0 Å². The van der Waals surface area contributed by atoms with Gasteiger partial charge in [-0.05, 0) is 139 Å². The quantitative estimate of drug-likeness (QED) is 0.0129. The number of hydrogen-bond acceptors (Lipinski definition) is 17. The van der Waals surface area contributed by atoms with Gasteiger partial charge in [-0.3, -0.25) is 29.3 Å². The number of phenols is 1. The first-order chi connectivity index (χ1) is 45.8. The minimum atomic E-state index is -1.93. The highest BCUT2D eigenvalue weighted by Gasteiger charge is 2.65. The Morgan fingerprint density at radius 3 is 2.32 bits per heavy atom. The Morgan fingerprint density at radius 2 is 1.68 bits per heavy atom. The molecule has 1 saturated carbocycles. The number of likely N-dealkylation sites (N-methyl/N-ethyl adjacent to an activating group) is 1. The van der Waals surface area contributed by atoms with Crippen LogP contribution in [0.2, 0.25) is 5.02 Å². The number of nitrogens with one attached hydrogen (secondary N) is 5. The van der Waals surface area contributed by atoms with E-state index >= 15 is 0 Å². The molecule has 3 heterocycles. The van der Waals surface area contributed by atoms with Gasteiger partial charge in [0.1, 0.15) is 64.2 Å². The first-order valence-corrected chi connectivity index (χ1v) is 34.5. The maximum absolute atomic E-state index is 14.6. The molecule has 1 aliphatic carbocycles. The SMILES string of the molecule is CCCCCC1(C)CC(C=O)(OC(C)(C)CCCCC(=O)N[C@H](C(=O)N[C@@H](CCCNC(N)=O)C(=O)Nc2ccc(C(=O)N(C)[C@@H](C)C(=O)O[C@H]3CC(=O)N(C)c4cc(cc(OC)c4Cl)C/C(C)=C/C=C/[C@@H](OC)[C@@]4(O)C[C@H](OC(=O)N4)[C@@H](C)[C@@H]4O[C@@]34C)cc2O)C(C)C)CC1(C)C.